The molecule has 21 heavy (non-hydrogen) atoms. The van der Waals surface area contributed by atoms with E-state index in [4.69, 9.17) is 4.98 Å². The smallest absolute Gasteiger partial charge is 0.0808 e. The van der Waals surface area contributed by atoms with Crippen LogP contribution in [0.15, 0.2) is 72.2 Å². The number of thiophene rings is 1. The van der Waals surface area contributed by atoms with Gasteiger partial charge in [-0.2, -0.15) is 0 Å². The molecule has 1 aromatic carbocycles. The van der Waals surface area contributed by atoms with Gasteiger partial charge in [-0.05, 0) is 35.7 Å². The van der Waals surface area contributed by atoms with Gasteiger partial charge in [0.2, 0.25) is 0 Å². The minimum Gasteiger partial charge on any atom is -0.255 e. The quantitative estimate of drug-likeness (QED) is 0.517. The summed E-state index contributed by atoms with van der Waals surface area (Å²) in [7, 11) is 0. The molecule has 3 heteroatoms. The van der Waals surface area contributed by atoms with Crippen molar-refractivity contribution in [3.05, 3.63) is 72.2 Å². The Labute approximate surface area is 126 Å². The van der Waals surface area contributed by atoms with Crippen molar-refractivity contribution in [3.8, 4) is 21.8 Å². The third-order valence-electron chi connectivity index (χ3n) is 3.44. The molecule has 3 aromatic heterocycles. The van der Waals surface area contributed by atoms with Crippen LogP contribution in [0.3, 0.4) is 0 Å². The van der Waals surface area contributed by atoms with Gasteiger partial charge in [0.25, 0.3) is 0 Å². The molecule has 2 nitrogen and oxygen atoms in total. The molecule has 100 valence electrons. The second-order valence-electron chi connectivity index (χ2n) is 4.77. The molecule has 0 aliphatic rings. The molecule has 0 saturated carbocycles. The summed E-state index contributed by atoms with van der Waals surface area (Å²) >= 11 is 1.70. The van der Waals surface area contributed by atoms with E-state index in [1.807, 2.05) is 42.6 Å². The van der Waals surface area contributed by atoms with E-state index < -0.39 is 0 Å². The second kappa shape index (κ2) is 5.11. The van der Waals surface area contributed by atoms with Crippen molar-refractivity contribution in [2.75, 3.05) is 0 Å². The lowest BCUT2D eigenvalue weighted by molar-refractivity contribution is 1.33. The van der Waals surface area contributed by atoms with Crippen LogP contribution in [-0.2, 0) is 0 Å². The lowest BCUT2D eigenvalue weighted by atomic mass is 10.1. The Morgan fingerprint density at radius 3 is 2.57 bits per heavy atom. The zero-order chi connectivity index (χ0) is 14.1. The largest absolute Gasteiger partial charge is 0.255 e. The normalized spacial score (nSPS) is 10.9. The fourth-order valence-electron chi connectivity index (χ4n) is 2.42. The Morgan fingerprint density at radius 2 is 1.67 bits per heavy atom. The predicted molar refractivity (Wildman–Crippen MR) is 88.3 cm³/mol. The van der Waals surface area contributed by atoms with Gasteiger partial charge in [-0.3, -0.25) is 4.98 Å². The number of benzene rings is 1. The average molecular weight is 288 g/mol. The van der Waals surface area contributed by atoms with Gasteiger partial charge < -0.3 is 0 Å². The molecular formula is C18H12N2S. The van der Waals surface area contributed by atoms with Gasteiger partial charge in [-0.25, -0.2) is 4.98 Å². The highest BCUT2D eigenvalue weighted by molar-refractivity contribution is 7.14. The molecule has 0 saturated heterocycles. The van der Waals surface area contributed by atoms with Crippen LogP contribution in [0.4, 0.5) is 0 Å². The van der Waals surface area contributed by atoms with Crippen molar-refractivity contribution in [2.24, 2.45) is 0 Å². The number of rotatable bonds is 2. The number of hydrogen-bond acceptors (Lipinski definition) is 3. The van der Waals surface area contributed by atoms with Crippen LogP contribution < -0.4 is 0 Å². The monoisotopic (exact) mass is 288 g/mol. The van der Waals surface area contributed by atoms with E-state index in [1.165, 1.54) is 4.88 Å². The Kier molecular flexibility index (Phi) is 2.98. The number of pyridine rings is 2. The molecule has 0 spiro atoms. The SMILES string of the molecule is c1ccc(-c2sccc2-c2ccc3ccccc3n2)nc1. The molecule has 0 amide bonds. The summed E-state index contributed by atoms with van der Waals surface area (Å²) in [4.78, 5) is 10.4. The first-order valence-corrected chi connectivity index (χ1v) is 7.65. The van der Waals surface area contributed by atoms with E-state index in [0.29, 0.717) is 0 Å². The molecule has 0 radical (unpaired) electrons. The molecule has 0 N–H and O–H groups in total. The second-order valence-corrected chi connectivity index (χ2v) is 5.68. The molecule has 4 rings (SSSR count). The zero-order valence-corrected chi connectivity index (χ0v) is 12.0. The molecule has 4 aromatic rings. The highest BCUT2D eigenvalue weighted by Crippen LogP contribution is 2.35. The first-order chi connectivity index (χ1) is 10.4. The van der Waals surface area contributed by atoms with Crippen molar-refractivity contribution in [1.82, 2.24) is 9.97 Å². The van der Waals surface area contributed by atoms with Crippen LogP contribution in [0.25, 0.3) is 32.7 Å². The third kappa shape index (κ3) is 2.22. The number of para-hydroxylation sites is 1. The van der Waals surface area contributed by atoms with Crippen LogP contribution in [0.5, 0.6) is 0 Å². The van der Waals surface area contributed by atoms with E-state index in [2.05, 4.69) is 34.6 Å². The Morgan fingerprint density at radius 1 is 0.762 bits per heavy atom. The van der Waals surface area contributed by atoms with Gasteiger partial charge in [-0.1, -0.05) is 30.3 Å². The number of fused-ring (bicyclic) bond motifs is 1. The number of hydrogen-bond donors (Lipinski definition) is 0. The maximum atomic E-state index is 4.78. The van der Waals surface area contributed by atoms with Crippen LogP contribution in [0.1, 0.15) is 0 Å². The van der Waals surface area contributed by atoms with Gasteiger partial charge in [0.1, 0.15) is 0 Å². The molecule has 0 fully saturated rings. The minimum absolute atomic E-state index is 0.996. The Bertz CT molecular complexity index is 897. The summed E-state index contributed by atoms with van der Waals surface area (Å²) in [5, 5.41) is 3.26. The van der Waals surface area contributed by atoms with Crippen molar-refractivity contribution in [1.29, 1.82) is 0 Å². The van der Waals surface area contributed by atoms with Gasteiger partial charge in [0, 0.05) is 17.1 Å². The van der Waals surface area contributed by atoms with Crippen LogP contribution in [0, 0.1) is 0 Å². The maximum absolute atomic E-state index is 4.78. The summed E-state index contributed by atoms with van der Waals surface area (Å²) in [5.74, 6) is 0. The number of aromatic nitrogens is 2. The number of nitrogens with zero attached hydrogens (tertiary/aromatic N) is 2. The fourth-order valence-corrected chi connectivity index (χ4v) is 3.30. The molecule has 0 unspecified atom stereocenters. The molecule has 0 aliphatic carbocycles. The van der Waals surface area contributed by atoms with E-state index in [-0.39, 0.29) is 0 Å². The van der Waals surface area contributed by atoms with Crippen molar-refractivity contribution >= 4 is 22.2 Å². The fraction of sp³-hybridized carbons (Fsp3) is 0. The van der Waals surface area contributed by atoms with E-state index >= 15 is 0 Å². The summed E-state index contributed by atoms with van der Waals surface area (Å²) < 4.78 is 0. The summed E-state index contributed by atoms with van der Waals surface area (Å²) in [6.45, 7) is 0. The molecule has 0 atom stereocenters. The summed E-state index contributed by atoms with van der Waals surface area (Å²) in [6, 6.07) is 20.5. The van der Waals surface area contributed by atoms with Crippen LogP contribution in [-0.4, -0.2) is 9.97 Å². The van der Waals surface area contributed by atoms with E-state index in [9.17, 15) is 0 Å². The predicted octanol–water partition coefficient (Wildman–Crippen LogP) is 5.03. The zero-order valence-electron chi connectivity index (χ0n) is 11.2. The molecule has 0 bridgehead atoms. The topological polar surface area (TPSA) is 25.8 Å². The van der Waals surface area contributed by atoms with E-state index in [1.54, 1.807) is 11.3 Å². The average Bonchev–Trinajstić information content (AvgIpc) is 3.05. The van der Waals surface area contributed by atoms with Gasteiger partial charge in [0.15, 0.2) is 0 Å². The molecule has 0 aliphatic heterocycles. The third-order valence-corrected chi connectivity index (χ3v) is 4.37. The van der Waals surface area contributed by atoms with Crippen molar-refractivity contribution in [3.63, 3.8) is 0 Å². The maximum Gasteiger partial charge on any atom is 0.0808 e. The van der Waals surface area contributed by atoms with Crippen LogP contribution in [0.2, 0.25) is 0 Å². The first-order valence-electron chi connectivity index (χ1n) is 6.77. The van der Waals surface area contributed by atoms with E-state index in [0.717, 1.165) is 27.9 Å². The van der Waals surface area contributed by atoms with Gasteiger partial charge >= 0.3 is 0 Å². The first kappa shape index (κ1) is 12.2. The minimum atomic E-state index is 0.996. The lowest BCUT2D eigenvalue weighted by Gasteiger charge is -2.04. The highest BCUT2D eigenvalue weighted by Gasteiger charge is 2.11. The highest BCUT2D eigenvalue weighted by atomic mass is 32.1. The summed E-state index contributed by atoms with van der Waals surface area (Å²) in [6.07, 6.45) is 1.83. The Balaban J connectivity index is 1.88. The Hall–Kier alpha value is -2.52. The molecule has 3 heterocycles. The van der Waals surface area contributed by atoms with Gasteiger partial charge in [-0.15, -0.1) is 11.3 Å². The lowest BCUT2D eigenvalue weighted by Crippen LogP contribution is -1.86. The van der Waals surface area contributed by atoms with Gasteiger partial charge in [0.05, 0.1) is 21.8 Å². The van der Waals surface area contributed by atoms with Crippen molar-refractivity contribution < 1.29 is 0 Å². The standard InChI is InChI=1S/C18H12N2S/c1-2-6-15-13(5-1)8-9-16(20-15)14-10-12-21-18(14)17-7-3-4-11-19-17/h1-12H. The summed E-state index contributed by atoms with van der Waals surface area (Å²) in [5.41, 5.74) is 4.16. The molecular weight excluding hydrogens is 276 g/mol. The van der Waals surface area contributed by atoms with Crippen LogP contribution >= 0.6 is 11.3 Å². The van der Waals surface area contributed by atoms with Crippen molar-refractivity contribution in [2.45, 2.75) is 0 Å².